The molecule has 0 N–H and O–H groups in total. The fourth-order valence-electron chi connectivity index (χ4n) is 4.43. The van der Waals surface area contributed by atoms with E-state index in [0.29, 0.717) is 5.13 Å². The Morgan fingerprint density at radius 3 is 2.64 bits per heavy atom. The number of anilines is 1. The summed E-state index contributed by atoms with van der Waals surface area (Å²) < 4.78 is 0. The SMILES string of the molecule is CC1(C)[C@@H]2CC[C@@]1(C)C(=O)N(c1nc3c(s1)CCCC3)C2=O. The number of amides is 2. The van der Waals surface area contributed by atoms with Gasteiger partial charge in [0.25, 0.3) is 0 Å². The highest BCUT2D eigenvalue weighted by atomic mass is 32.1. The first-order valence-corrected chi connectivity index (χ1v) is 9.05. The van der Waals surface area contributed by atoms with Crippen LogP contribution in [0.1, 0.15) is 57.0 Å². The molecule has 4 nitrogen and oxygen atoms in total. The number of carbonyl (C=O) groups excluding carboxylic acids is 2. The standard InChI is InChI=1S/C17H22N2O2S/c1-16(2)10-8-9-17(16,3)14(21)19(13(10)20)15-18-11-6-4-5-7-12(11)22-15/h10H,4-9H2,1-3H3/t10-,17+/m1/s1. The first-order chi connectivity index (χ1) is 10.4. The molecule has 5 heteroatoms. The summed E-state index contributed by atoms with van der Waals surface area (Å²) in [6.07, 6.45) is 5.98. The monoisotopic (exact) mass is 318 g/mol. The summed E-state index contributed by atoms with van der Waals surface area (Å²) >= 11 is 1.55. The normalized spacial score (nSPS) is 33.2. The van der Waals surface area contributed by atoms with Gasteiger partial charge in [-0.05, 0) is 43.9 Å². The van der Waals surface area contributed by atoms with Crippen LogP contribution >= 0.6 is 11.3 Å². The predicted molar refractivity (Wildman–Crippen MR) is 85.9 cm³/mol. The molecule has 3 aliphatic rings. The molecule has 118 valence electrons. The van der Waals surface area contributed by atoms with E-state index in [1.54, 1.807) is 11.3 Å². The molecule has 2 heterocycles. The molecule has 1 aliphatic heterocycles. The zero-order valence-corrected chi connectivity index (χ0v) is 14.3. The molecule has 0 spiro atoms. The Hall–Kier alpha value is -1.23. The van der Waals surface area contributed by atoms with E-state index in [0.717, 1.165) is 37.8 Å². The van der Waals surface area contributed by atoms with Gasteiger partial charge in [-0.3, -0.25) is 9.59 Å². The summed E-state index contributed by atoms with van der Waals surface area (Å²) in [7, 11) is 0. The highest BCUT2D eigenvalue weighted by Gasteiger charge is 2.65. The van der Waals surface area contributed by atoms with Gasteiger partial charge >= 0.3 is 0 Å². The lowest BCUT2D eigenvalue weighted by molar-refractivity contribution is -0.146. The molecular formula is C17H22N2O2S. The van der Waals surface area contributed by atoms with E-state index in [-0.39, 0.29) is 23.1 Å². The summed E-state index contributed by atoms with van der Waals surface area (Å²) in [5.41, 5.74) is 0.404. The van der Waals surface area contributed by atoms with Crippen molar-refractivity contribution >= 4 is 28.3 Å². The predicted octanol–water partition coefficient (Wildman–Crippen LogP) is 3.34. The largest absolute Gasteiger partial charge is 0.274 e. The third-order valence-electron chi connectivity index (χ3n) is 6.45. The molecule has 0 aromatic carbocycles. The number of imide groups is 1. The van der Waals surface area contributed by atoms with Crippen LogP contribution in [-0.4, -0.2) is 16.8 Å². The Balaban J connectivity index is 1.78. The van der Waals surface area contributed by atoms with E-state index < -0.39 is 5.41 Å². The van der Waals surface area contributed by atoms with Crippen LogP contribution in [-0.2, 0) is 22.4 Å². The quantitative estimate of drug-likeness (QED) is 0.746. The second-order valence-corrected chi connectivity index (χ2v) is 8.76. The zero-order chi connectivity index (χ0) is 15.7. The van der Waals surface area contributed by atoms with Crippen molar-refractivity contribution in [3.63, 3.8) is 0 Å². The molecule has 2 atom stereocenters. The summed E-state index contributed by atoms with van der Waals surface area (Å²) in [6, 6.07) is 0. The molecule has 2 aliphatic carbocycles. The van der Waals surface area contributed by atoms with E-state index in [1.807, 2.05) is 6.92 Å². The molecule has 1 saturated carbocycles. The lowest BCUT2D eigenvalue weighted by Gasteiger charge is -2.46. The second-order valence-electron chi connectivity index (χ2n) is 7.70. The van der Waals surface area contributed by atoms with Gasteiger partial charge in [0.2, 0.25) is 11.8 Å². The maximum atomic E-state index is 13.1. The van der Waals surface area contributed by atoms with Crippen molar-refractivity contribution in [1.82, 2.24) is 4.98 Å². The van der Waals surface area contributed by atoms with Gasteiger partial charge < -0.3 is 0 Å². The van der Waals surface area contributed by atoms with Gasteiger partial charge in [0.1, 0.15) is 0 Å². The zero-order valence-electron chi connectivity index (χ0n) is 13.4. The number of hydrogen-bond acceptors (Lipinski definition) is 4. The molecule has 4 rings (SSSR count). The molecule has 0 unspecified atom stereocenters. The van der Waals surface area contributed by atoms with Crippen LogP contribution in [0.5, 0.6) is 0 Å². The van der Waals surface area contributed by atoms with Crippen LogP contribution in [0.15, 0.2) is 0 Å². The Kier molecular flexibility index (Phi) is 2.88. The molecule has 1 aromatic rings. The lowest BCUT2D eigenvalue weighted by atomic mass is 9.62. The number of rotatable bonds is 1. The van der Waals surface area contributed by atoms with Gasteiger partial charge in [0.15, 0.2) is 5.13 Å². The van der Waals surface area contributed by atoms with Gasteiger partial charge in [-0.2, -0.15) is 0 Å². The number of nitrogens with zero attached hydrogens (tertiary/aromatic N) is 2. The highest BCUT2D eigenvalue weighted by molar-refractivity contribution is 7.16. The van der Waals surface area contributed by atoms with Gasteiger partial charge in [-0.25, -0.2) is 9.88 Å². The van der Waals surface area contributed by atoms with E-state index in [1.165, 1.54) is 16.2 Å². The number of aryl methyl sites for hydroxylation is 2. The van der Waals surface area contributed by atoms with Crippen molar-refractivity contribution < 1.29 is 9.59 Å². The van der Waals surface area contributed by atoms with Crippen molar-refractivity contribution in [1.29, 1.82) is 0 Å². The average Bonchev–Trinajstić information content (AvgIpc) is 2.95. The Labute approximate surface area is 134 Å². The van der Waals surface area contributed by atoms with Crippen molar-refractivity contribution in [2.45, 2.75) is 59.3 Å². The smallest absolute Gasteiger partial charge is 0.242 e. The molecule has 1 saturated heterocycles. The maximum Gasteiger partial charge on any atom is 0.242 e. The molecule has 2 amide bonds. The van der Waals surface area contributed by atoms with E-state index in [9.17, 15) is 9.59 Å². The van der Waals surface area contributed by atoms with Crippen LogP contribution in [0.25, 0.3) is 0 Å². The average molecular weight is 318 g/mol. The molecule has 22 heavy (non-hydrogen) atoms. The first-order valence-electron chi connectivity index (χ1n) is 8.23. The fraction of sp³-hybridized carbons (Fsp3) is 0.706. The third-order valence-corrected chi connectivity index (χ3v) is 7.59. The summed E-state index contributed by atoms with van der Waals surface area (Å²) in [5, 5.41) is 0.621. The van der Waals surface area contributed by atoms with Gasteiger partial charge in [0, 0.05) is 10.8 Å². The van der Waals surface area contributed by atoms with Crippen LogP contribution in [0, 0.1) is 16.7 Å². The summed E-state index contributed by atoms with van der Waals surface area (Å²) in [4.78, 5) is 33.4. The van der Waals surface area contributed by atoms with Crippen LogP contribution in [0.4, 0.5) is 5.13 Å². The maximum absolute atomic E-state index is 13.1. The fourth-order valence-corrected chi connectivity index (χ4v) is 5.59. The minimum absolute atomic E-state index is 0.0314. The van der Waals surface area contributed by atoms with Crippen molar-refractivity contribution in [3.05, 3.63) is 10.6 Å². The third kappa shape index (κ3) is 1.60. The van der Waals surface area contributed by atoms with Crippen molar-refractivity contribution in [3.8, 4) is 0 Å². The van der Waals surface area contributed by atoms with Gasteiger partial charge in [-0.15, -0.1) is 11.3 Å². The van der Waals surface area contributed by atoms with E-state index >= 15 is 0 Å². The lowest BCUT2D eigenvalue weighted by Crippen LogP contribution is -2.59. The molecular weight excluding hydrogens is 296 g/mol. The van der Waals surface area contributed by atoms with Crippen LogP contribution in [0.2, 0.25) is 0 Å². The van der Waals surface area contributed by atoms with Crippen LogP contribution in [0.3, 0.4) is 0 Å². The molecule has 1 aromatic heterocycles. The number of piperidine rings is 1. The highest BCUT2D eigenvalue weighted by Crippen LogP contribution is 2.60. The number of fused-ring (bicyclic) bond motifs is 3. The number of carbonyl (C=O) groups is 2. The van der Waals surface area contributed by atoms with Gasteiger partial charge in [0.05, 0.1) is 11.1 Å². The first kappa shape index (κ1) is 14.4. The molecule has 2 bridgehead atoms. The second kappa shape index (κ2) is 4.40. The number of hydrogen-bond donors (Lipinski definition) is 0. The van der Waals surface area contributed by atoms with E-state index in [4.69, 9.17) is 0 Å². The van der Waals surface area contributed by atoms with Crippen molar-refractivity contribution in [2.75, 3.05) is 4.90 Å². The molecule has 2 fully saturated rings. The Bertz CT molecular complexity index is 655. The Morgan fingerprint density at radius 2 is 1.91 bits per heavy atom. The van der Waals surface area contributed by atoms with Crippen LogP contribution < -0.4 is 4.90 Å². The minimum Gasteiger partial charge on any atom is -0.274 e. The minimum atomic E-state index is -0.447. The topological polar surface area (TPSA) is 50.3 Å². The van der Waals surface area contributed by atoms with E-state index in [2.05, 4.69) is 18.8 Å². The van der Waals surface area contributed by atoms with Crippen molar-refractivity contribution in [2.24, 2.45) is 16.7 Å². The number of thiazole rings is 1. The number of aromatic nitrogens is 1. The summed E-state index contributed by atoms with van der Waals surface area (Å²) in [5.74, 6) is -0.130. The molecule has 0 radical (unpaired) electrons. The Morgan fingerprint density at radius 1 is 1.18 bits per heavy atom. The summed E-state index contributed by atoms with van der Waals surface area (Å²) in [6.45, 7) is 6.18. The van der Waals surface area contributed by atoms with Gasteiger partial charge in [-0.1, -0.05) is 20.8 Å².